The summed E-state index contributed by atoms with van der Waals surface area (Å²) in [5.74, 6) is -0.932. The Hall–Kier alpha value is -4.23. The molecule has 0 saturated carbocycles. The monoisotopic (exact) mass is 554 g/mol. The van der Waals surface area contributed by atoms with Crippen LogP contribution in [0.5, 0.6) is 5.75 Å². The van der Waals surface area contributed by atoms with Crippen LogP contribution >= 0.6 is 15.9 Å². The van der Waals surface area contributed by atoms with Crippen molar-refractivity contribution < 1.29 is 19.1 Å². The highest BCUT2D eigenvalue weighted by Crippen LogP contribution is 2.32. The Morgan fingerprint density at radius 1 is 0.892 bits per heavy atom. The third-order valence-corrected chi connectivity index (χ3v) is 6.61. The fourth-order valence-electron chi connectivity index (χ4n) is 4.49. The standard InChI is InChI=1S/C30H23BrN2O4/c1-18-13-19(2)15-20(14-18)17-37-27-12-7-21-5-3-4-6-24(21)25(27)16-26-28(34)32-30(36)33(29(26)35)23-10-8-22(31)9-11-23/h3-16H,17H2,1-2H3,(H,32,34,36)/b26-16+. The van der Waals surface area contributed by atoms with Gasteiger partial charge in [-0.2, -0.15) is 0 Å². The first-order valence-electron chi connectivity index (χ1n) is 11.7. The number of hydrogen-bond donors (Lipinski definition) is 1. The normalized spacial score (nSPS) is 14.8. The number of benzene rings is 4. The van der Waals surface area contributed by atoms with Gasteiger partial charge in [-0.05, 0) is 66.6 Å². The Bertz CT molecular complexity index is 1570. The van der Waals surface area contributed by atoms with Crippen LogP contribution in [0, 0.1) is 13.8 Å². The number of nitrogens with zero attached hydrogens (tertiary/aromatic N) is 1. The molecule has 0 atom stereocenters. The SMILES string of the molecule is Cc1cc(C)cc(COc2ccc3ccccc3c2/C=C2\C(=O)NC(=O)N(c3ccc(Br)cc3)C2=O)c1. The van der Waals surface area contributed by atoms with Gasteiger partial charge in [-0.25, -0.2) is 9.69 Å². The third-order valence-electron chi connectivity index (χ3n) is 6.08. The molecule has 0 spiro atoms. The summed E-state index contributed by atoms with van der Waals surface area (Å²) in [4.78, 5) is 39.9. The largest absolute Gasteiger partial charge is 0.488 e. The summed E-state index contributed by atoms with van der Waals surface area (Å²) < 4.78 is 7.03. The molecular formula is C30H23BrN2O4. The van der Waals surface area contributed by atoms with Crippen LogP contribution in [0.3, 0.4) is 0 Å². The molecule has 1 heterocycles. The lowest BCUT2D eigenvalue weighted by Crippen LogP contribution is -2.54. The average molecular weight is 555 g/mol. The number of fused-ring (bicyclic) bond motifs is 1. The molecule has 1 fully saturated rings. The van der Waals surface area contributed by atoms with Crippen molar-refractivity contribution in [3.8, 4) is 5.75 Å². The molecule has 0 unspecified atom stereocenters. The maximum atomic E-state index is 13.5. The number of halogens is 1. The lowest BCUT2D eigenvalue weighted by Gasteiger charge is -2.26. The molecule has 4 aromatic carbocycles. The lowest BCUT2D eigenvalue weighted by atomic mass is 9.99. The van der Waals surface area contributed by atoms with E-state index in [1.165, 1.54) is 6.08 Å². The van der Waals surface area contributed by atoms with Crippen molar-refractivity contribution >= 4 is 56.3 Å². The van der Waals surface area contributed by atoms with Gasteiger partial charge in [-0.15, -0.1) is 0 Å². The fraction of sp³-hybridized carbons (Fsp3) is 0.100. The van der Waals surface area contributed by atoms with E-state index in [4.69, 9.17) is 4.74 Å². The maximum absolute atomic E-state index is 13.5. The molecule has 4 amide bonds. The van der Waals surface area contributed by atoms with Gasteiger partial charge in [0.05, 0.1) is 5.69 Å². The van der Waals surface area contributed by atoms with Crippen LogP contribution in [0.4, 0.5) is 10.5 Å². The number of nitrogens with one attached hydrogen (secondary N) is 1. The van der Waals surface area contributed by atoms with E-state index in [2.05, 4.69) is 39.4 Å². The van der Waals surface area contributed by atoms with E-state index in [-0.39, 0.29) is 5.57 Å². The van der Waals surface area contributed by atoms with Gasteiger partial charge in [0.1, 0.15) is 17.9 Å². The van der Waals surface area contributed by atoms with Crippen molar-refractivity contribution in [3.05, 3.63) is 111 Å². The highest BCUT2D eigenvalue weighted by Gasteiger charge is 2.37. The van der Waals surface area contributed by atoms with Crippen LogP contribution in [-0.2, 0) is 16.2 Å². The Morgan fingerprint density at radius 3 is 2.32 bits per heavy atom. The third kappa shape index (κ3) is 5.04. The number of carbonyl (C=O) groups excluding carboxylic acids is 3. The highest BCUT2D eigenvalue weighted by molar-refractivity contribution is 9.10. The van der Waals surface area contributed by atoms with Crippen LogP contribution in [-0.4, -0.2) is 17.8 Å². The van der Waals surface area contributed by atoms with Crippen LogP contribution in [0.1, 0.15) is 22.3 Å². The molecule has 0 aliphatic carbocycles. The lowest BCUT2D eigenvalue weighted by molar-refractivity contribution is -0.122. The van der Waals surface area contributed by atoms with Crippen LogP contribution in [0.15, 0.2) is 88.9 Å². The summed E-state index contributed by atoms with van der Waals surface area (Å²) in [5.41, 5.74) is 4.08. The smallest absolute Gasteiger partial charge is 0.335 e. The van der Waals surface area contributed by atoms with E-state index in [9.17, 15) is 14.4 Å². The minimum Gasteiger partial charge on any atom is -0.488 e. The van der Waals surface area contributed by atoms with Crippen molar-refractivity contribution in [1.29, 1.82) is 0 Å². The number of imide groups is 2. The molecule has 5 rings (SSSR count). The molecule has 1 saturated heterocycles. The van der Waals surface area contributed by atoms with Crippen molar-refractivity contribution in [2.75, 3.05) is 4.90 Å². The number of urea groups is 1. The van der Waals surface area contributed by atoms with Gasteiger partial charge in [0, 0.05) is 10.0 Å². The zero-order valence-corrected chi connectivity index (χ0v) is 21.8. The molecule has 6 nitrogen and oxygen atoms in total. The predicted octanol–water partition coefficient (Wildman–Crippen LogP) is 6.46. The minimum absolute atomic E-state index is 0.157. The molecule has 37 heavy (non-hydrogen) atoms. The Kier molecular flexibility index (Phi) is 6.63. The van der Waals surface area contributed by atoms with Crippen molar-refractivity contribution in [1.82, 2.24) is 5.32 Å². The first-order valence-corrected chi connectivity index (χ1v) is 12.5. The second-order valence-electron chi connectivity index (χ2n) is 8.92. The summed E-state index contributed by atoms with van der Waals surface area (Å²) in [5, 5.41) is 4.04. The molecule has 1 N–H and O–H groups in total. The van der Waals surface area contributed by atoms with E-state index < -0.39 is 17.8 Å². The van der Waals surface area contributed by atoms with Gasteiger partial charge in [-0.1, -0.05) is 75.6 Å². The number of barbiturate groups is 1. The van der Waals surface area contributed by atoms with Crippen LogP contribution in [0.2, 0.25) is 0 Å². The zero-order chi connectivity index (χ0) is 26.1. The number of ether oxygens (including phenoxy) is 1. The van der Waals surface area contributed by atoms with E-state index >= 15 is 0 Å². The molecule has 0 aromatic heterocycles. The van der Waals surface area contributed by atoms with Crippen molar-refractivity contribution in [3.63, 3.8) is 0 Å². The predicted molar refractivity (Wildman–Crippen MR) is 147 cm³/mol. The Labute approximate surface area is 222 Å². The minimum atomic E-state index is -0.793. The first-order chi connectivity index (χ1) is 17.8. The second-order valence-corrected chi connectivity index (χ2v) is 9.83. The second kappa shape index (κ2) is 10.0. The highest BCUT2D eigenvalue weighted by atomic mass is 79.9. The molecule has 4 aromatic rings. The van der Waals surface area contributed by atoms with Gasteiger partial charge >= 0.3 is 6.03 Å². The Morgan fingerprint density at radius 2 is 1.59 bits per heavy atom. The summed E-state index contributed by atoms with van der Waals surface area (Å²) in [6, 6.07) is 23.6. The summed E-state index contributed by atoms with van der Waals surface area (Å²) >= 11 is 3.35. The number of anilines is 1. The van der Waals surface area contributed by atoms with Crippen molar-refractivity contribution in [2.24, 2.45) is 0 Å². The molecule has 0 bridgehead atoms. The Balaban J connectivity index is 1.58. The summed E-state index contributed by atoms with van der Waals surface area (Å²) in [6.45, 7) is 4.39. The molecule has 1 aliphatic rings. The van der Waals surface area contributed by atoms with E-state index in [0.717, 1.165) is 36.8 Å². The molecule has 1 aliphatic heterocycles. The first kappa shape index (κ1) is 24.5. The van der Waals surface area contributed by atoms with E-state index in [0.29, 0.717) is 23.6 Å². The number of hydrogen-bond acceptors (Lipinski definition) is 4. The van der Waals surface area contributed by atoms with E-state index in [1.807, 2.05) is 50.2 Å². The molecular weight excluding hydrogens is 532 g/mol. The number of rotatable bonds is 5. The summed E-state index contributed by atoms with van der Waals surface area (Å²) in [6.07, 6.45) is 1.51. The quantitative estimate of drug-likeness (QED) is 0.227. The zero-order valence-electron chi connectivity index (χ0n) is 20.2. The molecule has 0 radical (unpaired) electrons. The topological polar surface area (TPSA) is 75.7 Å². The number of aryl methyl sites for hydroxylation is 2. The molecule has 7 heteroatoms. The number of carbonyl (C=O) groups is 3. The van der Waals surface area contributed by atoms with Crippen LogP contribution < -0.4 is 15.0 Å². The van der Waals surface area contributed by atoms with Gasteiger partial charge in [0.15, 0.2) is 0 Å². The molecule has 184 valence electrons. The average Bonchev–Trinajstić information content (AvgIpc) is 2.86. The fourth-order valence-corrected chi connectivity index (χ4v) is 4.75. The van der Waals surface area contributed by atoms with Gasteiger partial charge in [0.25, 0.3) is 11.8 Å². The van der Waals surface area contributed by atoms with Crippen molar-refractivity contribution in [2.45, 2.75) is 20.5 Å². The van der Waals surface area contributed by atoms with Gasteiger partial charge in [-0.3, -0.25) is 14.9 Å². The van der Waals surface area contributed by atoms with Gasteiger partial charge < -0.3 is 4.74 Å². The van der Waals surface area contributed by atoms with Gasteiger partial charge in [0.2, 0.25) is 0 Å². The summed E-state index contributed by atoms with van der Waals surface area (Å²) in [7, 11) is 0. The van der Waals surface area contributed by atoms with E-state index in [1.54, 1.807) is 24.3 Å². The maximum Gasteiger partial charge on any atom is 0.335 e. The number of amides is 4. The van der Waals surface area contributed by atoms with Crippen LogP contribution in [0.25, 0.3) is 16.8 Å².